The minimum Gasteiger partial charge on any atom is -0.349 e. The molecule has 0 bridgehead atoms. The molecule has 5 rings (SSSR count). The van der Waals surface area contributed by atoms with Crippen molar-refractivity contribution in [1.29, 1.82) is 0 Å². The molecule has 2 aromatic heterocycles. The Morgan fingerprint density at radius 1 is 1.03 bits per heavy atom. The fourth-order valence-electron chi connectivity index (χ4n) is 3.88. The summed E-state index contributed by atoms with van der Waals surface area (Å²) in [5.41, 5.74) is 2.06. The normalized spacial score (nSPS) is 16.5. The molecular weight excluding hydrogens is 376 g/mol. The van der Waals surface area contributed by atoms with Crippen molar-refractivity contribution in [3.8, 4) is 17.1 Å². The number of hydrogen-bond acceptors (Lipinski definition) is 5. The largest absolute Gasteiger partial charge is 0.349 e. The molecular formula is C20H17F2N7. The van der Waals surface area contributed by atoms with E-state index < -0.39 is 5.82 Å². The average Bonchev–Trinajstić information content (AvgIpc) is 3.50. The molecule has 146 valence electrons. The second-order valence-corrected chi connectivity index (χ2v) is 6.90. The van der Waals surface area contributed by atoms with Crippen molar-refractivity contribution in [1.82, 2.24) is 30.4 Å². The van der Waals surface area contributed by atoms with Crippen molar-refractivity contribution in [2.75, 3.05) is 11.4 Å². The number of tetrazole rings is 1. The number of nitrogens with zero attached hydrogens (tertiary/aromatic N) is 6. The molecule has 0 amide bonds. The highest BCUT2D eigenvalue weighted by Gasteiger charge is 2.30. The van der Waals surface area contributed by atoms with Gasteiger partial charge in [0.15, 0.2) is 0 Å². The van der Waals surface area contributed by atoms with E-state index in [1.807, 2.05) is 30.3 Å². The lowest BCUT2D eigenvalue weighted by atomic mass is 10.0. The molecule has 1 aliphatic heterocycles. The second-order valence-electron chi connectivity index (χ2n) is 6.90. The van der Waals surface area contributed by atoms with Gasteiger partial charge in [-0.2, -0.15) is 10.3 Å². The van der Waals surface area contributed by atoms with E-state index in [0.29, 0.717) is 11.4 Å². The van der Waals surface area contributed by atoms with Gasteiger partial charge in [0, 0.05) is 23.7 Å². The van der Waals surface area contributed by atoms with Crippen LogP contribution in [0.5, 0.6) is 0 Å². The molecule has 9 heteroatoms. The number of H-pyrrole nitrogens is 1. The Labute approximate surface area is 165 Å². The molecule has 3 heterocycles. The lowest BCUT2D eigenvalue weighted by Gasteiger charge is -2.27. The Hall–Kier alpha value is -3.62. The molecule has 2 aromatic carbocycles. The SMILES string of the molecule is Fc1ccc(F)c([C@H]2CCCN2c2ccnn2-c2ccc(-c3nn[nH]n3)cc2)c1. The summed E-state index contributed by atoms with van der Waals surface area (Å²) >= 11 is 0. The smallest absolute Gasteiger partial charge is 0.204 e. The summed E-state index contributed by atoms with van der Waals surface area (Å²) in [7, 11) is 0. The molecule has 1 aliphatic rings. The maximum absolute atomic E-state index is 14.4. The van der Waals surface area contributed by atoms with E-state index in [9.17, 15) is 8.78 Å². The first kappa shape index (κ1) is 17.5. The Kier molecular flexibility index (Phi) is 4.27. The Balaban J connectivity index is 1.49. The van der Waals surface area contributed by atoms with E-state index in [0.717, 1.165) is 42.5 Å². The summed E-state index contributed by atoms with van der Waals surface area (Å²) in [4.78, 5) is 2.08. The van der Waals surface area contributed by atoms with E-state index in [1.54, 1.807) is 10.9 Å². The average molecular weight is 393 g/mol. The van der Waals surface area contributed by atoms with Gasteiger partial charge >= 0.3 is 0 Å². The van der Waals surface area contributed by atoms with Crippen LogP contribution in [-0.2, 0) is 0 Å². The van der Waals surface area contributed by atoms with Crippen LogP contribution in [0.25, 0.3) is 17.1 Å². The molecule has 0 radical (unpaired) electrons. The predicted molar refractivity (Wildman–Crippen MR) is 102 cm³/mol. The Morgan fingerprint density at radius 2 is 1.90 bits per heavy atom. The van der Waals surface area contributed by atoms with Gasteiger partial charge in [-0.05, 0) is 60.5 Å². The molecule has 4 aromatic rings. The number of benzene rings is 2. The van der Waals surface area contributed by atoms with Gasteiger partial charge in [-0.25, -0.2) is 13.5 Å². The van der Waals surface area contributed by atoms with E-state index >= 15 is 0 Å². The van der Waals surface area contributed by atoms with Gasteiger partial charge in [0.1, 0.15) is 17.5 Å². The van der Waals surface area contributed by atoms with Gasteiger partial charge in [0.05, 0.1) is 17.9 Å². The minimum absolute atomic E-state index is 0.236. The first-order chi connectivity index (χ1) is 14.2. The number of hydrogen-bond donors (Lipinski definition) is 1. The van der Waals surface area contributed by atoms with E-state index in [-0.39, 0.29) is 11.9 Å². The lowest BCUT2D eigenvalue weighted by molar-refractivity contribution is 0.559. The van der Waals surface area contributed by atoms with Gasteiger partial charge in [-0.3, -0.25) is 0 Å². The maximum Gasteiger partial charge on any atom is 0.204 e. The summed E-state index contributed by atoms with van der Waals surface area (Å²) in [6.45, 7) is 0.743. The zero-order valence-electron chi connectivity index (χ0n) is 15.3. The zero-order valence-corrected chi connectivity index (χ0v) is 15.3. The van der Waals surface area contributed by atoms with Crippen LogP contribution in [0.2, 0.25) is 0 Å². The Morgan fingerprint density at radius 3 is 2.69 bits per heavy atom. The van der Waals surface area contributed by atoms with Crippen LogP contribution in [0.4, 0.5) is 14.6 Å². The standard InChI is InChI=1S/C20H17F2N7/c21-14-5-8-17(22)16(12-14)18-2-1-11-28(18)19-9-10-23-29(19)15-6-3-13(4-7-15)20-24-26-27-25-20/h3-10,12,18H,1-2,11H2,(H,24,25,26,27)/t18-/m1/s1. The maximum atomic E-state index is 14.4. The fourth-order valence-corrected chi connectivity index (χ4v) is 3.88. The fraction of sp³-hybridized carbons (Fsp3) is 0.200. The van der Waals surface area contributed by atoms with Gasteiger partial charge in [-0.15, -0.1) is 10.2 Å². The number of aromatic nitrogens is 6. The third-order valence-corrected chi connectivity index (χ3v) is 5.20. The van der Waals surface area contributed by atoms with Gasteiger partial charge in [-0.1, -0.05) is 0 Å². The van der Waals surface area contributed by atoms with Crippen molar-refractivity contribution < 1.29 is 8.78 Å². The first-order valence-corrected chi connectivity index (χ1v) is 9.30. The first-order valence-electron chi connectivity index (χ1n) is 9.30. The highest BCUT2D eigenvalue weighted by molar-refractivity contribution is 5.58. The number of aromatic amines is 1. The molecule has 1 atom stereocenters. The van der Waals surface area contributed by atoms with Crippen LogP contribution in [0.15, 0.2) is 54.7 Å². The van der Waals surface area contributed by atoms with E-state index in [2.05, 4.69) is 30.6 Å². The van der Waals surface area contributed by atoms with Crippen LogP contribution in [-0.4, -0.2) is 36.9 Å². The molecule has 1 fully saturated rings. The van der Waals surface area contributed by atoms with Crippen LogP contribution in [0.3, 0.4) is 0 Å². The molecule has 7 nitrogen and oxygen atoms in total. The highest BCUT2D eigenvalue weighted by atomic mass is 19.1. The Bertz CT molecular complexity index is 1120. The molecule has 0 saturated carbocycles. The van der Waals surface area contributed by atoms with Gasteiger partial charge in [0.25, 0.3) is 0 Å². The summed E-state index contributed by atoms with van der Waals surface area (Å²) in [6, 6.07) is 12.9. The van der Waals surface area contributed by atoms with Crippen LogP contribution in [0.1, 0.15) is 24.4 Å². The van der Waals surface area contributed by atoms with Crippen molar-refractivity contribution >= 4 is 5.82 Å². The third-order valence-electron chi connectivity index (χ3n) is 5.20. The molecule has 1 N–H and O–H groups in total. The van der Waals surface area contributed by atoms with Gasteiger partial charge in [0.2, 0.25) is 5.82 Å². The predicted octanol–water partition coefficient (Wildman–Crippen LogP) is 3.67. The van der Waals surface area contributed by atoms with Crippen molar-refractivity contribution in [3.63, 3.8) is 0 Å². The summed E-state index contributed by atoms with van der Waals surface area (Å²) in [6.07, 6.45) is 3.35. The van der Waals surface area contributed by atoms with Crippen LogP contribution >= 0.6 is 0 Å². The van der Waals surface area contributed by atoms with Crippen molar-refractivity contribution in [2.24, 2.45) is 0 Å². The topological polar surface area (TPSA) is 75.5 Å². The van der Waals surface area contributed by atoms with Crippen molar-refractivity contribution in [2.45, 2.75) is 18.9 Å². The van der Waals surface area contributed by atoms with Gasteiger partial charge < -0.3 is 4.90 Å². The number of rotatable bonds is 4. The minimum atomic E-state index is -0.432. The molecule has 0 unspecified atom stereocenters. The van der Waals surface area contributed by atoms with Crippen LogP contribution in [0, 0.1) is 11.6 Å². The summed E-state index contributed by atoms with van der Waals surface area (Å²) < 4.78 is 30.0. The monoisotopic (exact) mass is 393 g/mol. The highest BCUT2D eigenvalue weighted by Crippen LogP contribution is 2.38. The summed E-state index contributed by atoms with van der Waals surface area (Å²) in [5, 5.41) is 18.4. The molecule has 1 saturated heterocycles. The molecule has 0 spiro atoms. The zero-order chi connectivity index (χ0) is 19.8. The molecule has 29 heavy (non-hydrogen) atoms. The van der Waals surface area contributed by atoms with E-state index in [1.165, 1.54) is 12.1 Å². The quantitative estimate of drug-likeness (QED) is 0.573. The molecule has 0 aliphatic carbocycles. The lowest BCUT2D eigenvalue weighted by Crippen LogP contribution is -2.26. The van der Waals surface area contributed by atoms with Crippen molar-refractivity contribution in [3.05, 3.63) is 71.9 Å². The van der Waals surface area contributed by atoms with E-state index in [4.69, 9.17) is 0 Å². The number of halogens is 2. The summed E-state index contributed by atoms with van der Waals surface area (Å²) in [5.74, 6) is 0.527. The number of nitrogens with one attached hydrogen (secondary N) is 1. The third kappa shape index (κ3) is 3.14. The second kappa shape index (κ2) is 7.08. The number of anilines is 1. The van der Waals surface area contributed by atoms with Crippen LogP contribution < -0.4 is 4.90 Å².